The highest BCUT2D eigenvalue weighted by molar-refractivity contribution is 5.81. The van der Waals surface area contributed by atoms with Gasteiger partial charge in [0.25, 0.3) is 0 Å². The summed E-state index contributed by atoms with van der Waals surface area (Å²) >= 11 is 0. The molecule has 6 nitrogen and oxygen atoms in total. The molecule has 1 heterocycles. The van der Waals surface area contributed by atoms with Crippen molar-refractivity contribution in [3.8, 4) is 0 Å². The Hall–Kier alpha value is -1.14. The molecule has 0 aromatic carbocycles. The van der Waals surface area contributed by atoms with E-state index in [0.29, 0.717) is 25.7 Å². The summed E-state index contributed by atoms with van der Waals surface area (Å²) in [5, 5.41) is 3.16. The van der Waals surface area contributed by atoms with E-state index in [0.717, 1.165) is 31.8 Å². The highest BCUT2D eigenvalue weighted by atomic mass is 16.2. The van der Waals surface area contributed by atoms with Gasteiger partial charge in [-0.25, -0.2) is 0 Å². The number of piperazine rings is 1. The van der Waals surface area contributed by atoms with Crippen LogP contribution in [0.1, 0.15) is 39.5 Å². The minimum atomic E-state index is -0.441. The van der Waals surface area contributed by atoms with Crippen molar-refractivity contribution in [3.05, 3.63) is 0 Å². The summed E-state index contributed by atoms with van der Waals surface area (Å²) < 4.78 is 0. The molecule has 0 radical (unpaired) electrons. The third kappa shape index (κ3) is 4.95. The van der Waals surface area contributed by atoms with Crippen molar-refractivity contribution < 1.29 is 9.59 Å². The lowest BCUT2D eigenvalue weighted by Crippen LogP contribution is -2.54. The van der Waals surface area contributed by atoms with Crippen molar-refractivity contribution >= 4 is 11.8 Å². The van der Waals surface area contributed by atoms with Gasteiger partial charge in [-0.1, -0.05) is 6.92 Å². The fourth-order valence-corrected chi connectivity index (χ4v) is 3.30. The number of hydrogen-bond donors (Lipinski definition) is 2. The molecule has 3 N–H and O–H groups in total. The summed E-state index contributed by atoms with van der Waals surface area (Å²) in [5.41, 5.74) is 5.63. The number of rotatable bonds is 4. The summed E-state index contributed by atoms with van der Waals surface area (Å²) in [5.74, 6) is 0.913. The largest absolute Gasteiger partial charge is 0.352 e. The lowest BCUT2D eigenvalue weighted by atomic mass is 9.87. The van der Waals surface area contributed by atoms with E-state index >= 15 is 0 Å². The lowest BCUT2D eigenvalue weighted by Gasteiger charge is -2.35. The van der Waals surface area contributed by atoms with E-state index in [1.54, 1.807) is 11.8 Å². The van der Waals surface area contributed by atoms with E-state index in [1.165, 1.54) is 12.8 Å². The molecule has 1 atom stereocenters. The van der Waals surface area contributed by atoms with Gasteiger partial charge in [0.05, 0.1) is 12.6 Å². The van der Waals surface area contributed by atoms with Crippen LogP contribution in [0, 0.1) is 5.92 Å². The Morgan fingerprint density at radius 3 is 2.27 bits per heavy atom. The van der Waals surface area contributed by atoms with E-state index in [9.17, 15) is 9.59 Å². The number of carbonyl (C=O) groups excluding carboxylic acids is 2. The summed E-state index contributed by atoms with van der Waals surface area (Å²) in [6.45, 7) is 7.24. The van der Waals surface area contributed by atoms with Crippen LogP contribution < -0.4 is 11.1 Å². The predicted octanol–water partition coefficient (Wildman–Crippen LogP) is 0.173. The third-order valence-corrected chi connectivity index (χ3v) is 4.82. The van der Waals surface area contributed by atoms with E-state index in [1.807, 2.05) is 0 Å². The molecule has 6 heteroatoms. The standard InChI is InChI=1S/C16H30N4O2/c1-12-3-5-14(6-4-12)18-15(21)11-19-7-9-20(10-8-19)16(22)13(2)17/h12-14H,3-11,17H2,1-2H3,(H,18,21)/t12?,13-,14?/m1/s1. The molecular formula is C16H30N4O2. The van der Waals surface area contributed by atoms with Gasteiger partial charge in [0.1, 0.15) is 0 Å². The summed E-state index contributed by atoms with van der Waals surface area (Å²) in [6, 6.07) is -0.0896. The quantitative estimate of drug-likeness (QED) is 0.776. The average Bonchev–Trinajstić information content (AvgIpc) is 2.49. The van der Waals surface area contributed by atoms with Crippen molar-refractivity contribution in [2.24, 2.45) is 11.7 Å². The van der Waals surface area contributed by atoms with Crippen molar-refractivity contribution in [1.82, 2.24) is 15.1 Å². The Kier molecular flexibility index (Phi) is 6.20. The summed E-state index contributed by atoms with van der Waals surface area (Å²) in [4.78, 5) is 27.9. The monoisotopic (exact) mass is 310 g/mol. The number of nitrogens with two attached hydrogens (primary N) is 1. The van der Waals surface area contributed by atoms with Crippen LogP contribution >= 0.6 is 0 Å². The van der Waals surface area contributed by atoms with Crippen LogP contribution in [-0.2, 0) is 9.59 Å². The van der Waals surface area contributed by atoms with Gasteiger partial charge < -0.3 is 16.0 Å². The smallest absolute Gasteiger partial charge is 0.239 e. The topological polar surface area (TPSA) is 78.7 Å². The molecule has 2 aliphatic rings. The number of nitrogens with zero attached hydrogens (tertiary/aromatic N) is 2. The van der Waals surface area contributed by atoms with Crippen LogP contribution in [0.3, 0.4) is 0 Å². The minimum Gasteiger partial charge on any atom is -0.352 e. The maximum atomic E-state index is 12.1. The maximum Gasteiger partial charge on any atom is 0.239 e. The molecule has 0 aromatic rings. The first-order valence-corrected chi connectivity index (χ1v) is 8.51. The molecule has 1 saturated carbocycles. The lowest BCUT2D eigenvalue weighted by molar-refractivity contribution is -0.134. The second-order valence-corrected chi connectivity index (χ2v) is 6.91. The van der Waals surface area contributed by atoms with Crippen LogP contribution in [0.4, 0.5) is 0 Å². The van der Waals surface area contributed by atoms with Gasteiger partial charge in [-0.3, -0.25) is 14.5 Å². The second kappa shape index (κ2) is 7.92. The van der Waals surface area contributed by atoms with Gasteiger partial charge in [-0.05, 0) is 38.5 Å². The zero-order chi connectivity index (χ0) is 16.1. The van der Waals surface area contributed by atoms with Gasteiger partial charge in [-0.15, -0.1) is 0 Å². The van der Waals surface area contributed by atoms with E-state index in [2.05, 4.69) is 17.1 Å². The molecule has 22 heavy (non-hydrogen) atoms. The molecule has 126 valence electrons. The average molecular weight is 310 g/mol. The number of amides is 2. The minimum absolute atomic E-state index is 0.000395. The van der Waals surface area contributed by atoms with Crippen LogP contribution in [0.5, 0.6) is 0 Å². The molecule has 0 aromatic heterocycles. The normalized spacial score (nSPS) is 28.2. The fraction of sp³-hybridized carbons (Fsp3) is 0.875. The number of hydrogen-bond acceptors (Lipinski definition) is 4. The Bertz CT molecular complexity index is 384. The first-order chi connectivity index (χ1) is 10.5. The van der Waals surface area contributed by atoms with Crippen LogP contribution in [0.15, 0.2) is 0 Å². The van der Waals surface area contributed by atoms with Gasteiger partial charge in [-0.2, -0.15) is 0 Å². The highest BCUT2D eigenvalue weighted by Gasteiger charge is 2.25. The molecule has 1 aliphatic heterocycles. The predicted molar refractivity (Wildman–Crippen MR) is 86.2 cm³/mol. The molecule has 2 amide bonds. The van der Waals surface area contributed by atoms with Gasteiger partial charge >= 0.3 is 0 Å². The Morgan fingerprint density at radius 1 is 1.14 bits per heavy atom. The zero-order valence-electron chi connectivity index (χ0n) is 13.9. The second-order valence-electron chi connectivity index (χ2n) is 6.91. The van der Waals surface area contributed by atoms with Gasteiger partial charge in [0.15, 0.2) is 0 Å². The van der Waals surface area contributed by atoms with Crippen molar-refractivity contribution in [1.29, 1.82) is 0 Å². The first kappa shape index (κ1) is 17.2. The van der Waals surface area contributed by atoms with Crippen molar-refractivity contribution in [2.45, 2.75) is 51.6 Å². The van der Waals surface area contributed by atoms with Gasteiger partial charge in [0, 0.05) is 32.2 Å². The van der Waals surface area contributed by atoms with Crippen LogP contribution in [0.2, 0.25) is 0 Å². The SMILES string of the molecule is CC1CCC(NC(=O)CN2CCN(C(=O)[C@@H](C)N)CC2)CC1. The summed E-state index contributed by atoms with van der Waals surface area (Å²) in [7, 11) is 0. The molecule has 0 unspecified atom stereocenters. The molecule has 2 fully saturated rings. The Balaban J connectivity index is 1.67. The fourth-order valence-electron chi connectivity index (χ4n) is 3.30. The third-order valence-electron chi connectivity index (χ3n) is 4.82. The molecule has 0 bridgehead atoms. The number of nitrogens with one attached hydrogen (secondary N) is 1. The highest BCUT2D eigenvalue weighted by Crippen LogP contribution is 2.23. The van der Waals surface area contributed by atoms with E-state index < -0.39 is 6.04 Å². The maximum absolute atomic E-state index is 12.1. The Morgan fingerprint density at radius 2 is 1.73 bits per heavy atom. The zero-order valence-corrected chi connectivity index (χ0v) is 13.9. The molecule has 0 spiro atoms. The van der Waals surface area contributed by atoms with Gasteiger partial charge in [0.2, 0.25) is 11.8 Å². The first-order valence-electron chi connectivity index (χ1n) is 8.51. The molecule has 2 rings (SSSR count). The molecule has 1 aliphatic carbocycles. The van der Waals surface area contributed by atoms with Crippen LogP contribution in [0.25, 0.3) is 0 Å². The molecule has 1 saturated heterocycles. The Labute approximate surface area is 133 Å². The molecular weight excluding hydrogens is 280 g/mol. The van der Waals surface area contributed by atoms with Crippen LogP contribution in [-0.4, -0.2) is 66.4 Å². The van der Waals surface area contributed by atoms with E-state index in [-0.39, 0.29) is 11.8 Å². The van der Waals surface area contributed by atoms with Crippen molar-refractivity contribution in [3.63, 3.8) is 0 Å². The summed E-state index contributed by atoms with van der Waals surface area (Å²) in [6.07, 6.45) is 4.62. The number of carbonyl (C=O) groups is 2. The van der Waals surface area contributed by atoms with Crippen molar-refractivity contribution in [2.75, 3.05) is 32.7 Å². The van der Waals surface area contributed by atoms with E-state index in [4.69, 9.17) is 5.73 Å².